The minimum Gasteiger partial charge on any atom is -0.317 e. The number of piperidine rings is 1. The highest BCUT2D eigenvalue weighted by molar-refractivity contribution is 8.01. The molecule has 0 spiro atoms. The summed E-state index contributed by atoms with van der Waals surface area (Å²) in [5.41, 5.74) is 0. The molecule has 0 saturated carbocycles. The fourth-order valence-corrected chi connectivity index (χ4v) is 8.34. The van der Waals surface area contributed by atoms with Crippen molar-refractivity contribution in [2.24, 2.45) is 5.92 Å². The fourth-order valence-electron chi connectivity index (χ4n) is 2.66. The molecule has 0 aliphatic carbocycles. The molecule has 2 heterocycles. The van der Waals surface area contributed by atoms with E-state index in [9.17, 15) is 16.8 Å². The van der Waals surface area contributed by atoms with Crippen molar-refractivity contribution in [3.63, 3.8) is 0 Å². The Morgan fingerprint density at radius 3 is 2.45 bits per heavy atom. The summed E-state index contributed by atoms with van der Waals surface area (Å²) in [6.45, 7) is 1.98. The maximum absolute atomic E-state index is 12.5. The third kappa shape index (κ3) is 4.09. The average Bonchev–Trinajstić information content (AvgIpc) is 2.38. The molecule has 1 unspecified atom stereocenters. The Kier molecular flexibility index (Phi) is 5.39. The Morgan fingerprint density at radius 2 is 1.85 bits per heavy atom. The Labute approximate surface area is 125 Å². The third-order valence-electron chi connectivity index (χ3n) is 3.79. The van der Waals surface area contributed by atoms with Gasteiger partial charge in [0, 0.05) is 24.3 Å². The molecule has 0 radical (unpaired) electrons. The highest BCUT2D eigenvalue weighted by atomic mass is 32.2. The molecule has 2 rings (SSSR count). The lowest BCUT2D eigenvalue weighted by molar-refractivity contribution is 0.372. The maximum Gasteiger partial charge on any atom is 0.215 e. The zero-order chi connectivity index (χ0) is 14.8. The predicted molar refractivity (Wildman–Crippen MR) is 82.0 cm³/mol. The second-order valence-electron chi connectivity index (χ2n) is 5.44. The summed E-state index contributed by atoms with van der Waals surface area (Å²) in [6, 6.07) is 0. The van der Waals surface area contributed by atoms with Crippen molar-refractivity contribution >= 4 is 31.6 Å². The van der Waals surface area contributed by atoms with Gasteiger partial charge in [-0.3, -0.25) is 0 Å². The molecule has 6 nitrogen and oxygen atoms in total. The van der Waals surface area contributed by atoms with E-state index in [1.807, 2.05) is 0 Å². The van der Waals surface area contributed by atoms with Gasteiger partial charge in [0.15, 0.2) is 9.84 Å². The van der Waals surface area contributed by atoms with Crippen LogP contribution in [0.3, 0.4) is 0 Å². The predicted octanol–water partition coefficient (Wildman–Crippen LogP) is -0.265. The van der Waals surface area contributed by atoms with Crippen LogP contribution in [-0.4, -0.2) is 69.7 Å². The summed E-state index contributed by atoms with van der Waals surface area (Å²) in [6.07, 6.45) is 2.80. The lowest BCUT2D eigenvalue weighted by Crippen LogP contribution is -2.51. The molecule has 0 bridgehead atoms. The van der Waals surface area contributed by atoms with Crippen LogP contribution >= 0.6 is 11.8 Å². The number of nitrogens with zero attached hydrogens (tertiary/aromatic N) is 1. The van der Waals surface area contributed by atoms with Crippen molar-refractivity contribution in [3.05, 3.63) is 0 Å². The first kappa shape index (κ1) is 16.5. The smallest absolute Gasteiger partial charge is 0.215 e. The summed E-state index contributed by atoms with van der Waals surface area (Å²) in [5.74, 6) is 1.21. The summed E-state index contributed by atoms with van der Waals surface area (Å²) >= 11 is 1.50. The Hall–Kier alpha value is 0.170. The number of hydrogen-bond acceptors (Lipinski definition) is 6. The first-order chi connectivity index (χ1) is 9.31. The number of sulfone groups is 1. The maximum atomic E-state index is 12.5. The van der Waals surface area contributed by atoms with Crippen molar-refractivity contribution in [1.29, 1.82) is 0 Å². The normalized spacial score (nSPS) is 27.6. The van der Waals surface area contributed by atoms with Gasteiger partial charge in [0.1, 0.15) is 5.37 Å². The van der Waals surface area contributed by atoms with E-state index in [0.29, 0.717) is 18.1 Å². The zero-order valence-corrected chi connectivity index (χ0v) is 14.1. The van der Waals surface area contributed by atoms with Gasteiger partial charge >= 0.3 is 0 Å². The molecular formula is C11H22N2O4S3. The first-order valence-electron chi connectivity index (χ1n) is 6.77. The molecule has 0 amide bonds. The van der Waals surface area contributed by atoms with Crippen LogP contribution in [0.25, 0.3) is 0 Å². The van der Waals surface area contributed by atoms with Gasteiger partial charge in [-0.1, -0.05) is 0 Å². The molecule has 20 heavy (non-hydrogen) atoms. The largest absolute Gasteiger partial charge is 0.317 e. The molecule has 2 aliphatic rings. The Bertz CT molecular complexity index is 526. The average molecular weight is 343 g/mol. The molecule has 2 fully saturated rings. The number of thioether (sulfide) groups is 1. The van der Waals surface area contributed by atoms with E-state index in [2.05, 4.69) is 5.32 Å². The van der Waals surface area contributed by atoms with Gasteiger partial charge in [-0.25, -0.2) is 16.8 Å². The van der Waals surface area contributed by atoms with Crippen molar-refractivity contribution in [1.82, 2.24) is 9.62 Å². The molecule has 1 N–H and O–H groups in total. The van der Waals surface area contributed by atoms with E-state index in [1.54, 1.807) is 0 Å². The van der Waals surface area contributed by atoms with Crippen molar-refractivity contribution in [2.75, 3.05) is 43.1 Å². The van der Waals surface area contributed by atoms with Gasteiger partial charge < -0.3 is 5.32 Å². The van der Waals surface area contributed by atoms with Gasteiger partial charge in [-0.15, -0.1) is 0 Å². The Balaban J connectivity index is 2.13. The highest BCUT2D eigenvalue weighted by Crippen LogP contribution is 2.25. The van der Waals surface area contributed by atoms with Crippen molar-refractivity contribution in [3.8, 4) is 0 Å². The monoisotopic (exact) mass is 342 g/mol. The van der Waals surface area contributed by atoms with E-state index in [-0.39, 0.29) is 11.7 Å². The van der Waals surface area contributed by atoms with Crippen molar-refractivity contribution < 1.29 is 16.8 Å². The van der Waals surface area contributed by atoms with E-state index in [4.69, 9.17) is 0 Å². The van der Waals surface area contributed by atoms with Gasteiger partial charge in [0.2, 0.25) is 10.0 Å². The van der Waals surface area contributed by atoms with Gasteiger partial charge in [0.25, 0.3) is 0 Å². The molecule has 1 atom stereocenters. The summed E-state index contributed by atoms with van der Waals surface area (Å²) in [5, 5.41) is 2.31. The van der Waals surface area contributed by atoms with Crippen LogP contribution in [0.15, 0.2) is 0 Å². The first-order valence-corrected chi connectivity index (χ1v) is 11.5. The second-order valence-corrected chi connectivity index (χ2v) is 10.8. The van der Waals surface area contributed by atoms with Gasteiger partial charge in [-0.05, 0) is 31.8 Å². The van der Waals surface area contributed by atoms with Crippen molar-refractivity contribution in [2.45, 2.75) is 18.2 Å². The highest BCUT2D eigenvalue weighted by Gasteiger charge is 2.39. The van der Waals surface area contributed by atoms with E-state index >= 15 is 0 Å². The van der Waals surface area contributed by atoms with Crippen LogP contribution in [0.2, 0.25) is 0 Å². The number of nitrogens with one attached hydrogen (secondary N) is 1. The van der Waals surface area contributed by atoms with Crippen LogP contribution in [0.1, 0.15) is 12.8 Å². The van der Waals surface area contributed by atoms with Crippen LogP contribution in [0.4, 0.5) is 0 Å². The molecule has 118 valence electrons. The minimum atomic E-state index is -3.50. The van der Waals surface area contributed by atoms with E-state index < -0.39 is 25.2 Å². The molecule has 0 aromatic heterocycles. The molecule has 2 aliphatic heterocycles. The Morgan fingerprint density at radius 1 is 1.20 bits per heavy atom. The fraction of sp³-hybridized carbons (Fsp3) is 1.00. The van der Waals surface area contributed by atoms with E-state index in [1.165, 1.54) is 16.1 Å². The summed E-state index contributed by atoms with van der Waals surface area (Å²) in [7, 11) is -6.89. The number of sulfonamides is 1. The third-order valence-corrected chi connectivity index (χ3v) is 8.62. The molecule has 9 heteroatoms. The van der Waals surface area contributed by atoms with Gasteiger partial charge in [0.05, 0.1) is 5.75 Å². The van der Waals surface area contributed by atoms with Gasteiger partial charge in [-0.2, -0.15) is 16.1 Å². The van der Waals surface area contributed by atoms with Crippen LogP contribution in [0, 0.1) is 5.92 Å². The number of rotatable bonds is 4. The molecule has 0 aromatic carbocycles. The molecule has 2 saturated heterocycles. The number of hydrogen-bond donors (Lipinski definition) is 1. The second kappa shape index (κ2) is 6.51. The van der Waals surface area contributed by atoms with Crippen LogP contribution in [0.5, 0.6) is 0 Å². The topological polar surface area (TPSA) is 83.6 Å². The lowest BCUT2D eigenvalue weighted by Gasteiger charge is -2.34. The zero-order valence-electron chi connectivity index (χ0n) is 11.6. The molecular weight excluding hydrogens is 320 g/mol. The molecule has 0 aromatic rings. The standard InChI is InChI=1S/C11H22N2O4S3/c1-19(14,15)11-8-18-7-6-13(11)20(16,17)9-10-2-4-12-5-3-10/h10-12H,2-9H2,1H3. The quantitative estimate of drug-likeness (QED) is 0.758. The summed E-state index contributed by atoms with van der Waals surface area (Å²) in [4.78, 5) is 0. The lowest BCUT2D eigenvalue weighted by atomic mass is 10.0. The minimum absolute atomic E-state index is 0.0748. The summed E-state index contributed by atoms with van der Waals surface area (Å²) < 4.78 is 49.9. The SMILES string of the molecule is CS(=O)(=O)C1CSCCN1S(=O)(=O)CC1CCNCC1. The van der Waals surface area contributed by atoms with Crippen LogP contribution < -0.4 is 5.32 Å². The van der Waals surface area contributed by atoms with E-state index in [0.717, 1.165) is 32.2 Å². The van der Waals surface area contributed by atoms with Crippen LogP contribution in [-0.2, 0) is 19.9 Å².